The minimum Gasteiger partial charge on any atom is -0.391 e. The van der Waals surface area contributed by atoms with Gasteiger partial charge in [0.05, 0.1) is 11.8 Å². The van der Waals surface area contributed by atoms with Crippen LogP contribution in [0.3, 0.4) is 0 Å². The number of halogens is 1. The zero-order chi connectivity index (χ0) is 24.6. The Morgan fingerprint density at radius 2 is 2.09 bits per heavy atom. The van der Waals surface area contributed by atoms with Crippen molar-refractivity contribution >= 4 is 17.5 Å². The highest BCUT2D eigenvalue weighted by molar-refractivity contribution is 5.92. The van der Waals surface area contributed by atoms with Crippen LogP contribution in [0.5, 0.6) is 0 Å². The van der Waals surface area contributed by atoms with Crippen molar-refractivity contribution in [1.29, 1.82) is 0 Å². The van der Waals surface area contributed by atoms with Gasteiger partial charge in [0, 0.05) is 44.0 Å². The highest BCUT2D eigenvalue weighted by Gasteiger charge is 2.25. The van der Waals surface area contributed by atoms with E-state index < -0.39 is 18.0 Å². The Morgan fingerprint density at radius 3 is 2.79 bits per heavy atom. The Morgan fingerprint density at radius 1 is 1.32 bits per heavy atom. The highest BCUT2D eigenvalue weighted by Crippen LogP contribution is 2.39. The molecular weight excluding hydrogens is 437 g/mol. The molecule has 0 radical (unpaired) electrons. The van der Waals surface area contributed by atoms with Gasteiger partial charge in [0.25, 0.3) is 0 Å². The van der Waals surface area contributed by atoms with Crippen molar-refractivity contribution in [2.45, 2.75) is 40.3 Å². The lowest BCUT2D eigenvalue weighted by Gasteiger charge is -2.26. The van der Waals surface area contributed by atoms with Crippen LogP contribution in [0.4, 0.5) is 20.7 Å². The Kier molecular flexibility index (Phi) is 6.26. The first-order valence-electron chi connectivity index (χ1n) is 11.2. The predicted octanol–water partition coefficient (Wildman–Crippen LogP) is 2.98. The Bertz CT molecular complexity index is 1280. The average Bonchev–Trinajstić information content (AvgIpc) is 3.28. The number of anilines is 2. The number of nitrogens with one attached hydrogen (secondary N) is 3. The summed E-state index contributed by atoms with van der Waals surface area (Å²) in [4.78, 5) is 25.3. The van der Waals surface area contributed by atoms with Crippen LogP contribution in [0.25, 0.3) is 22.5 Å². The number of hydrogen-bond acceptors (Lipinski definition) is 6. The molecule has 0 fully saturated rings. The maximum absolute atomic E-state index is 14.8. The number of fused-ring (bicyclic) bond motifs is 3. The van der Waals surface area contributed by atoms with Crippen LogP contribution in [-0.4, -0.2) is 51.9 Å². The van der Waals surface area contributed by atoms with Crippen molar-refractivity contribution in [3.8, 4) is 22.5 Å². The van der Waals surface area contributed by atoms with E-state index in [0.717, 1.165) is 47.0 Å². The van der Waals surface area contributed by atoms with E-state index in [9.17, 15) is 14.3 Å². The molecule has 4 N–H and O–H groups in total. The van der Waals surface area contributed by atoms with Crippen LogP contribution in [0.2, 0.25) is 0 Å². The zero-order valence-electron chi connectivity index (χ0n) is 20.0. The van der Waals surface area contributed by atoms with E-state index in [1.54, 1.807) is 19.3 Å². The van der Waals surface area contributed by atoms with Gasteiger partial charge in [-0.25, -0.2) is 14.2 Å². The molecule has 3 heterocycles. The second-order valence-electron chi connectivity index (χ2n) is 9.52. The van der Waals surface area contributed by atoms with Crippen LogP contribution in [0.1, 0.15) is 26.3 Å². The van der Waals surface area contributed by atoms with Crippen molar-refractivity contribution < 1.29 is 14.3 Å². The summed E-state index contributed by atoms with van der Waals surface area (Å²) in [5.41, 5.74) is 3.28. The number of benzene rings is 1. The second kappa shape index (κ2) is 9.02. The molecule has 0 bridgehead atoms. The molecule has 0 aliphatic carbocycles. The molecule has 10 heteroatoms. The van der Waals surface area contributed by atoms with Gasteiger partial charge in [-0.3, -0.25) is 4.99 Å². The summed E-state index contributed by atoms with van der Waals surface area (Å²) in [6.07, 6.45) is 0.995. The number of rotatable bonds is 4. The molecule has 0 spiro atoms. The number of aryl methyl sites for hydroxylation is 1. The summed E-state index contributed by atoms with van der Waals surface area (Å²) in [6.45, 7) is 8.97. The topological polar surface area (TPSA) is 116 Å². The summed E-state index contributed by atoms with van der Waals surface area (Å²) in [7, 11) is 1.65. The van der Waals surface area contributed by atoms with Gasteiger partial charge in [-0.15, -0.1) is 0 Å². The summed E-state index contributed by atoms with van der Waals surface area (Å²) in [5, 5.41) is 18.7. The van der Waals surface area contributed by atoms with E-state index in [0.29, 0.717) is 5.62 Å². The van der Waals surface area contributed by atoms with Crippen molar-refractivity contribution in [3.63, 3.8) is 0 Å². The monoisotopic (exact) mass is 467 g/mol. The normalized spacial score (nSPS) is 14.6. The smallest absolute Gasteiger partial charge is 0.319 e. The van der Waals surface area contributed by atoms with E-state index in [2.05, 4.69) is 35.5 Å². The number of nitrogens with zero attached hydrogens (tertiary/aromatic N) is 4. The number of hydrogen-bond donors (Lipinski definition) is 4. The lowest BCUT2D eigenvalue weighted by molar-refractivity contribution is 0.0654. The molecule has 0 saturated carbocycles. The number of urea groups is 1. The first-order valence-corrected chi connectivity index (χ1v) is 11.2. The number of carbonyl (C=O) groups is 1. The first-order chi connectivity index (χ1) is 16.1. The fourth-order valence-corrected chi connectivity index (χ4v) is 3.89. The van der Waals surface area contributed by atoms with Gasteiger partial charge in [0.1, 0.15) is 17.5 Å². The molecule has 4 rings (SSSR count). The Labute approximate surface area is 197 Å². The second-order valence-corrected chi connectivity index (χ2v) is 9.52. The molecule has 2 amide bonds. The summed E-state index contributed by atoms with van der Waals surface area (Å²) >= 11 is 0. The molecule has 1 atom stereocenters. The van der Waals surface area contributed by atoms with Crippen molar-refractivity contribution in [2.24, 2.45) is 10.4 Å². The van der Waals surface area contributed by atoms with Gasteiger partial charge in [-0.2, -0.15) is 4.98 Å². The third kappa shape index (κ3) is 4.58. The molecular formula is C24H30FN7O2. The predicted molar refractivity (Wildman–Crippen MR) is 129 cm³/mol. The van der Waals surface area contributed by atoms with Gasteiger partial charge in [-0.05, 0) is 41.7 Å². The summed E-state index contributed by atoms with van der Waals surface area (Å²) in [6, 6.07) is 4.41. The minimum atomic E-state index is -0.733. The number of aromatic nitrogens is 3. The van der Waals surface area contributed by atoms with Crippen LogP contribution >= 0.6 is 0 Å². The van der Waals surface area contributed by atoms with E-state index in [-0.39, 0.29) is 17.6 Å². The number of aliphatic hydroxyl groups excluding tert-OH is 1. The molecule has 3 aliphatic heterocycles. The maximum atomic E-state index is 14.8. The van der Waals surface area contributed by atoms with Gasteiger partial charge in [0.2, 0.25) is 5.62 Å². The average molecular weight is 468 g/mol. The molecule has 3 aliphatic rings. The van der Waals surface area contributed by atoms with Gasteiger partial charge in [0.15, 0.2) is 0 Å². The fourth-order valence-electron chi connectivity index (χ4n) is 3.89. The Balaban J connectivity index is 1.69. The van der Waals surface area contributed by atoms with Gasteiger partial charge >= 0.3 is 6.03 Å². The van der Waals surface area contributed by atoms with Crippen molar-refractivity contribution in [3.05, 3.63) is 41.4 Å². The molecule has 0 saturated heterocycles. The third-order valence-corrected chi connectivity index (χ3v) is 6.00. The zero-order valence-corrected chi connectivity index (χ0v) is 20.0. The van der Waals surface area contributed by atoms with Crippen molar-refractivity contribution in [1.82, 2.24) is 19.9 Å². The van der Waals surface area contributed by atoms with Crippen LogP contribution in [-0.2, 0) is 6.54 Å². The van der Waals surface area contributed by atoms with Crippen LogP contribution in [0.15, 0.2) is 29.4 Å². The SMILES string of the molecule is CN=c1ncc2cc(-c3cc(NC(=O)NCC(O)C(C)(C)C)c(F)cc3C)c3n(c-2n1)CCN3. The molecule has 34 heavy (non-hydrogen) atoms. The lowest BCUT2D eigenvalue weighted by Crippen LogP contribution is -2.41. The molecule has 1 aromatic rings. The van der Waals surface area contributed by atoms with Crippen LogP contribution in [0, 0.1) is 18.2 Å². The van der Waals surface area contributed by atoms with Gasteiger partial charge in [-0.1, -0.05) is 20.8 Å². The van der Waals surface area contributed by atoms with E-state index in [1.165, 1.54) is 6.07 Å². The van der Waals surface area contributed by atoms with Gasteiger partial charge < -0.3 is 25.6 Å². The maximum Gasteiger partial charge on any atom is 0.319 e. The van der Waals surface area contributed by atoms with E-state index in [1.807, 2.05) is 33.8 Å². The first kappa shape index (κ1) is 23.6. The number of aliphatic hydroxyl groups is 1. The largest absolute Gasteiger partial charge is 0.391 e. The molecule has 1 aromatic carbocycles. The summed E-state index contributed by atoms with van der Waals surface area (Å²) < 4.78 is 16.8. The standard InChI is InChI=1S/C24H30FN7O2/c1-13-8-17(25)18(30-23(34)29-12-19(33)24(2,3)4)10-15(13)16-9-14-11-28-22(26-5)31-20(14)32-7-6-27-21(16)32/h8-11,19,27,33H,6-7,12H2,1-5H3,(H2,29,30,34). The minimum absolute atomic E-state index is 0.0524. The quantitative estimate of drug-likeness (QED) is 0.471. The molecule has 0 aromatic heterocycles. The fraction of sp³-hybridized carbons (Fsp3) is 0.417. The van der Waals surface area contributed by atoms with Crippen molar-refractivity contribution in [2.75, 3.05) is 30.8 Å². The lowest BCUT2D eigenvalue weighted by atomic mass is 9.89. The molecule has 1 unspecified atom stereocenters. The Hall–Kier alpha value is -3.53. The molecule has 180 valence electrons. The number of amides is 2. The third-order valence-electron chi connectivity index (χ3n) is 6.00. The van der Waals surface area contributed by atoms with E-state index in [4.69, 9.17) is 0 Å². The number of pyridine rings is 1. The molecule has 9 nitrogen and oxygen atoms in total. The highest BCUT2D eigenvalue weighted by atomic mass is 19.1. The summed E-state index contributed by atoms with van der Waals surface area (Å²) in [5.74, 6) is 1.10. The van der Waals surface area contributed by atoms with E-state index >= 15 is 0 Å². The number of carbonyl (C=O) groups excluding carboxylic acids is 1. The van der Waals surface area contributed by atoms with Crippen LogP contribution < -0.4 is 21.6 Å².